The second-order valence-corrected chi connectivity index (χ2v) is 4.86. The molecule has 0 aliphatic rings. The summed E-state index contributed by atoms with van der Waals surface area (Å²) in [5, 5.41) is 3.88. The van der Waals surface area contributed by atoms with Crippen LogP contribution in [0.4, 0.5) is 0 Å². The summed E-state index contributed by atoms with van der Waals surface area (Å²) < 4.78 is 28.2. The van der Waals surface area contributed by atoms with Crippen LogP contribution in [-0.4, -0.2) is 26.5 Å². The van der Waals surface area contributed by atoms with Gasteiger partial charge in [-0.15, -0.1) is 9.39 Å². The van der Waals surface area contributed by atoms with Crippen molar-refractivity contribution in [2.24, 2.45) is 16.7 Å². The van der Waals surface area contributed by atoms with Gasteiger partial charge in [0.05, 0.1) is 4.90 Å². The van der Waals surface area contributed by atoms with Gasteiger partial charge in [-0.05, 0) is 19.1 Å². The molecular formula is C9H14N4O3S. The van der Waals surface area contributed by atoms with Crippen LogP contribution in [0.15, 0.2) is 34.3 Å². The van der Waals surface area contributed by atoms with Gasteiger partial charge in [-0.25, -0.2) is 5.06 Å². The van der Waals surface area contributed by atoms with E-state index in [-0.39, 0.29) is 10.9 Å². The van der Waals surface area contributed by atoms with Gasteiger partial charge in [-0.3, -0.25) is 0 Å². The molecule has 0 aliphatic carbocycles. The third-order valence-corrected chi connectivity index (χ3v) is 3.24. The van der Waals surface area contributed by atoms with Gasteiger partial charge >= 0.3 is 10.1 Å². The lowest BCUT2D eigenvalue weighted by molar-refractivity contribution is 0.0548. The molecular weight excluding hydrogens is 244 g/mol. The molecule has 0 aliphatic heterocycles. The second kappa shape index (κ2) is 5.02. The van der Waals surface area contributed by atoms with Crippen LogP contribution in [0.2, 0.25) is 0 Å². The minimum atomic E-state index is -3.92. The van der Waals surface area contributed by atoms with E-state index >= 15 is 0 Å². The van der Waals surface area contributed by atoms with Crippen molar-refractivity contribution in [3.8, 4) is 0 Å². The van der Waals surface area contributed by atoms with E-state index < -0.39 is 10.1 Å². The molecule has 94 valence electrons. The van der Waals surface area contributed by atoms with Gasteiger partial charge < -0.3 is 11.6 Å². The van der Waals surface area contributed by atoms with Crippen LogP contribution >= 0.6 is 0 Å². The van der Waals surface area contributed by atoms with Crippen LogP contribution in [0.3, 0.4) is 0 Å². The SMILES string of the molecule is Cc1ccc(S(=O)(=O)ON(C)C(N)=NN)cc1. The lowest BCUT2D eigenvalue weighted by Gasteiger charge is -2.15. The second-order valence-electron chi connectivity index (χ2n) is 3.33. The van der Waals surface area contributed by atoms with Crippen LogP contribution in [0.25, 0.3) is 0 Å². The average Bonchev–Trinajstić information content (AvgIpc) is 2.27. The molecule has 4 N–H and O–H groups in total. The minimum absolute atomic E-state index is 0.0276. The summed E-state index contributed by atoms with van der Waals surface area (Å²) in [4.78, 5) is 0.0276. The summed E-state index contributed by atoms with van der Waals surface area (Å²) in [7, 11) is -2.63. The molecule has 0 bridgehead atoms. The molecule has 0 spiro atoms. The van der Waals surface area contributed by atoms with Gasteiger partial charge in [0.1, 0.15) is 0 Å². The number of nitrogens with zero attached hydrogens (tertiary/aromatic N) is 2. The molecule has 0 saturated carbocycles. The minimum Gasteiger partial charge on any atom is -0.367 e. The molecule has 0 radical (unpaired) electrons. The first kappa shape index (κ1) is 13.3. The van der Waals surface area contributed by atoms with Crippen molar-refractivity contribution in [3.05, 3.63) is 29.8 Å². The summed E-state index contributed by atoms with van der Waals surface area (Å²) in [6.45, 7) is 1.85. The number of guanidine groups is 1. The Kier molecular flexibility index (Phi) is 3.92. The summed E-state index contributed by atoms with van der Waals surface area (Å²) in [6, 6.07) is 6.20. The highest BCUT2D eigenvalue weighted by Crippen LogP contribution is 2.13. The first-order chi connectivity index (χ1) is 7.86. The van der Waals surface area contributed by atoms with Crippen molar-refractivity contribution in [1.29, 1.82) is 0 Å². The highest BCUT2D eigenvalue weighted by molar-refractivity contribution is 7.86. The first-order valence-electron chi connectivity index (χ1n) is 4.65. The molecule has 0 unspecified atom stereocenters. The Balaban J connectivity index is 2.93. The molecule has 1 aromatic rings. The van der Waals surface area contributed by atoms with Gasteiger partial charge in [0.15, 0.2) is 0 Å². The number of rotatable bonds is 3. The molecule has 17 heavy (non-hydrogen) atoms. The number of nitrogens with two attached hydrogens (primary N) is 2. The molecule has 0 heterocycles. The molecule has 0 fully saturated rings. The van der Waals surface area contributed by atoms with Crippen LogP contribution in [0, 0.1) is 6.92 Å². The maximum atomic E-state index is 11.8. The fourth-order valence-electron chi connectivity index (χ4n) is 1.01. The van der Waals surface area contributed by atoms with Crippen molar-refractivity contribution in [2.45, 2.75) is 11.8 Å². The Morgan fingerprint density at radius 1 is 1.35 bits per heavy atom. The van der Waals surface area contributed by atoms with Crippen LogP contribution in [-0.2, 0) is 14.4 Å². The smallest absolute Gasteiger partial charge is 0.317 e. The van der Waals surface area contributed by atoms with Crippen LogP contribution < -0.4 is 11.6 Å². The Morgan fingerprint density at radius 3 is 2.35 bits per heavy atom. The number of benzene rings is 1. The van der Waals surface area contributed by atoms with Crippen molar-refractivity contribution in [3.63, 3.8) is 0 Å². The van der Waals surface area contributed by atoms with Crippen LogP contribution in [0.5, 0.6) is 0 Å². The molecule has 8 heteroatoms. The Hall–Kier alpha value is -1.80. The fraction of sp³-hybridized carbons (Fsp3) is 0.222. The monoisotopic (exact) mass is 258 g/mol. The van der Waals surface area contributed by atoms with Crippen LogP contribution in [0.1, 0.15) is 5.56 Å². The highest BCUT2D eigenvalue weighted by Gasteiger charge is 2.19. The average molecular weight is 258 g/mol. The number of hydrogen-bond donors (Lipinski definition) is 2. The number of hydroxylamine groups is 2. The third kappa shape index (κ3) is 3.33. The Morgan fingerprint density at radius 2 is 1.88 bits per heavy atom. The topological polar surface area (TPSA) is 111 Å². The predicted molar refractivity (Wildman–Crippen MR) is 63.0 cm³/mol. The van der Waals surface area contributed by atoms with E-state index in [0.717, 1.165) is 10.6 Å². The molecule has 1 aromatic carbocycles. The quantitative estimate of drug-likeness (QED) is 0.334. The van der Waals surface area contributed by atoms with Crippen molar-refractivity contribution in [1.82, 2.24) is 5.06 Å². The van der Waals surface area contributed by atoms with Crippen molar-refractivity contribution >= 4 is 16.1 Å². The van der Waals surface area contributed by atoms with Gasteiger partial charge in [0, 0.05) is 7.05 Å². The van der Waals surface area contributed by atoms with E-state index in [9.17, 15) is 8.42 Å². The van der Waals surface area contributed by atoms with Gasteiger partial charge in [0.25, 0.3) is 0 Å². The Bertz CT molecular complexity index is 510. The van der Waals surface area contributed by atoms with Gasteiger partial charge in [0.2, 0.25) is 5.96 Å². The van der Waals surface area contributed by atoms with Gasteiger partial charge in [-0.1, -0.05) is 17.7 Å². The van der Waals surface area contributed by atoms with E-state index in [1.54, 1.807) is 12.1 Å². The van der Waals surface area contributed by atoms with E-state index in [0.29, 0.717) is 0 Å². The zero-order chi connectivity index (χ0) is 13.1. The maximum absolute atomic E-state index is 11.8. The van der Waals surface area contributed by atoms with E-state index in [1.165, 1.54) is 19.2 Å². The highest BCUT2D eigenvalue weighted by atomic mass is 32.2. The summed E-state index contributed by atoms with van der Waals surface area (Å²) >= 11 is 0. The Labute approximate surface area is 99.7 Å². The largest absolute Gasteiger partial charge is 0.367 e. The predicted octanol–water partition coefficient (Wildman–Crippen LogP) is -0.264. The normalized spacial score (nSPS) is 12.5. The zero-order valence-corrected chi connectivity index (χ0v) is 10.3. The fourth-order valence-corrected chi connectivity index (χ4v) is 1.94. The van der Waals surface area contributed by atoms with E-state index in [4.69, 9.17) is 11.6 Å². The standard InChI is InChI=1S/C9H14N4O3S/c1-7-3-5-8(6-4-7)17(14,15)16-13(2)9(10)12-11/h3-6H,11H2,1-2H3,(H2,10,12). The third-order valence-electron chi connectivity index (χ3n) is 1.97. The number of hydrazone groups is 1. The first-order valence-corrected chi connectivity index (χ1v) is 6.06. The summed E-state index contributed by atoms with van der Waals surface area (Å²) in [6.07, 6.45) is 0. The number of aryl methyl sites for hydroxylation is 1. The molecule has 1 rings (SSSR count). The van der Waals surface area contributed by atoms with Crippen molar-refractivity contribution in [2.75, 3.05) is 7.05 Å². The molecule has 0 amide bonds. The lowest BCUT2D eigenvalue weighted by atomic mass is 10.2. The zero-order valence-electron chi connectivity index (χ0n) is 9.49. The van der Waals surface area contributed by atoms with E-state index in [1.807, 2.05) is 6.92 Å². The van der Waals surface area contributed by atoms with Crippen molar-refractivity contribution < 1.29 is 12.7 Å². The summed E-state index contributed by atoms with van der Waals surface area (Å²) in [5.74, 6) is 4.65. The molecule has 7 nitrogen and oxygen atoms in total. The maximum Gasteiger partial charge on any atom is 0.317 e. The number of hydrogen-bond acceptors (Lipinski definition) is 5. The molecule has 0 aromatic heterocycles. The van der Waals surface area contributed by atoms with E-state index in [2.05, 4.69) is 9.39 Å². The summed E-state index contributed by atoms with van der Waals surface area (Å²) in [5.41, 5.74) is 6.23. The lowest BCUT2D eigenvalue weighted by Crippen LogP contribution is -2.36. The van der Waals surface area contributed by atoms with Gasteiger partial charge in [-0.2, -0.15) is 8.42 Å². The molecule has 0 atom stereocenters. The molecule has 0 saturated heterocycles.